The molecule has 2 unspecified atom stereocenters. The Labute approximate surface area is 102 Å². The van der Waals surface area contributed by atoms with E-state index in [9.17, 15) is 19.2 Å². The van der Waals surface area contributed by atoms with Crippen molar-refractivity contribution in [3.63, 3.8) is 0 Å². The summed E-state index contributed by atoms with van der Waals surface area (Å²) in [7, 11) is -1.00. The van der Waals surface area contributed by atoms with Crippen LogP contribution < -0.4 is 5.32 Å². The Kier molecular flexibility index (Phi) is 4.51. The SMILES string of the molecule is CC(CS(C)=O)NC(=O)c1cccc(O)c1O. The summed E-state index contributed by atoms with van der Waals surface area (Å²) in [6.45, 7) is 1.72. The molecule has 2 atom stereocenters. The largest absolute Gasteiger partial charge is 0.504 e. The molecular formula is C11H15NO4S. The maximum Gasteiger partial charge on any atom is 0.255 e. The lowest BCUT2D eigenvalue weighted by atomic mass is 10.1. The van der Waals surface area contributed by atoms with E-state index >= 15 is 0 Å². The van der Waals surface area contributed by atoms with E-state index in [-0.39, 0.29) is 17.4 Å². The van der Waals surface area contributed by atoms with Gasteiger partial charge in [-0.3, -0.25) is 9.00 Å². The first kappa shape index (κ1) is 13.5. The van der Waals surface area contributed by atoms with E-state index in [4.69, 9.17) is 0 Å². The number of hydrogen-bond donors (Lipinski definition) is 3. The number of aromatic hydroxyl groups is 2. The van der Waals surface area contributed by atoms with Crippen LogP contribution in [-0.2, 0) is 10.8 Å². The maximum atomic E-state index is 11.7. The van der Waals surface area contributed by atoms with Crippen LogP contribution >= 0.6 is 0 Å². The van der Waals surface area contributed by atoms with Gasteiger partial charge in [-0.15, -0.1) is 0 Å². The second-order valence-electron chi connectivity index (χ2n) is 3.79. The molecule has 0 aromatic heterocycles. The monoisotopic (exact) mass is 257 g/mol. The Balaban J connectivity index is 2.77. The standard InChI is InChI=1S/C11H15NO4S/c1-7(6-17(2)16)12-11(15)8-4-3-5-9(13)10(8)14/h3-5,7,13-14H,6H2,1-2H3,(H,12,15). The summed E-state index contributed by atoms with van der Waals surface area (Å²) < 4.78 is 11.0. The van der Waals surface area contributed by atoms with E-state index in [0.717, 1.165) is 0 Å². The molecular weight excluding hydrogens is 242 g/mol. The summed E-state index contributed by atoms with van der Waals surface area (Å²) >= 11 is 0. The van der Waals surface area contributed by atoms with Crippen LogP contribution in [0.15, 0.2) is 18.2 Å². The third kappa shape index (κ3) is 3.74. The van der Waals surface area contributed by atoms with Gasteiger partial charge in [-0.1, -0.05) is 6.07 Å². The summed E-state index contributed by atoms with van der Waals surface area (Å²) in [6, 6.07) is 3.89. The normalized spacial score (nSPS) is 14.0. The number of benzene rings is 1. The minimum absolute atomic E-state index is 0.00117. The highest BCUT2D eigenvalue weighted by atomic mass is 32.2. The number of carbonyl (C=O) groups is 1. The zero-order chi connectivity index (χ0) is 13.0. The molecule has 1 aromatic rings. The van der Waals surface area contributed by atoms with E-state index in [1.54, 1.807) is 13.2 Å². The van der Waals surface area contributed by atoms with Gasteiger partial charge in [0.1, 0.15) is 0 Å². The van der Waals surface area contributed by atoms with Gasteiger partial charge in [-0.05, 0) is 19.1 Å². The van der Waals surface area contributed by atoms with Gasteiger partial charge in [0.2, 0.25) is 0 Å². The van der Waals surface area contributed by atoms with Crippen LogP contribution in [0.1, 0.15) is 17.3 Å². The topological polar surface area (TPSA) is 86.6 Å². The first-order valence-corrected chi connectivity index (χ1v) is 6.76. The van der Waals surface area contributed by atoms with Crippen LogP contribution in [-0.4, -0.2) is 38.4 Å². The Morgan fingerprint density at radius 3 is 2.71 bits per heavy atom. The van der Waals surface area contributed by atoms with Gasteiger partial charge in [-0.25, -0.2) is 0 Å². The lowest BCUT2D eigenvalue weighted by Gasteiger charge is -2.13. The molecule has 0 aliphatic heterocycles. The van der Waals surface area contributed by atoms with Crippen molar-refractivity contribution < 1.29 is 19.2 Å². The first-order valence-electron chi connectivity index (χ1n) is 5.03. The second kappa shape index (κ2) is 5.67. The molecule has 0 saturated carbocycles. The number of phenols is 2. The fourth-order valence-electron chi connectivity index (χ4n) is 1.41. The van der Waals surface area contributed by atoms with Gasteiger partial charge in [-0.2, -0.15) is 0 Å². The molecule has 0 bridgehead atoms. The van der Waals surface area contributed by atoms with E-state index < -0.39 is 22.5 Å². The number of nitrogens with one attached hydrogen (secondary N) is 1. The molecule has 0 radical (unpaired) electrons. The molecule has 0 aliphatic rings. The van der Waals surface area contributed by atoms with Crippen LogP contribution in [0.5, 0.6) is 11.5 Å². The van der Waals surface area contributed by atoms with Crippen molar-refractivity contribution in [2.75, 3.05) is 12.0 Å². The highest BCUT2D eigenvalue weighted by Gasteiger charge is 2.16. The lowest BCUT2D eigenvalue weighted by Crippen LogP contribution is -2.36. The summed E-state index contributed by atoms with van der Waals surface area (Å²) in [5.41, 5.74) is -0.00117. The van der Waals surface area contributed by atoms with E-state index in [2.05, 4.69) is 5.32 Å². The Morgan fingerprint density at radius 1 is 1.47 bits per heavy atom. The van der Waals surface area contributed by atoms with Crippen molar-refractivity contribution in [2.45, 2.75) is 13.0 Å². The van der Waals surface area contributed by atoms with Gasteiger partial charge in [0.05, 0.1) is 5.56 Å². The number of hydrogen-bond acceptors (Lipinski definition) is 4. The van der Waals surface area contributed by atoms with E-state index in [1.165, 1.54) is 18.2 Å². The Bertz CT molecular complexity index is 447. The molecule has 1 aromatic carbocycles. The predicted octanol–water partition coefficient (Wildman–Crippen LogP) is 0.595. The number of amides is 1. The quantitative estimate of drug-likeness (QED) is 0.689. The van der Waals surface area contributed by atoms with Crippen molar-refractivity contribution >= 4 is 16.7 Å². The molecule has 0 spiro atoms. The average molecular weight is 257 g/mol. The van der Waals surface area contributed by atoms with Crippen LogP contribution in [0.25, 0.3) is 0 Å². The molecule has 0 fully saturated rings. The molecule has 94 valence electrons. The molecule has 1 amide bonds. The number of rotatable bonds is 4. The van der Waals surface area contributed by atoms with E-state index in [1.807, 2.05) is 0 Å². The molecule has 6 heteroatoms. The van der Waals surface area contributed by atoms with Gasteiger partial charge >= 0.3 is 0 Å². The van der Waals surface area contributed by atoms with Gasteiger partial charge in [0.15, 0.2) is 11.5 Å². The van der Waals surface area contributed by atoms with Gasteiger partial charge < -0.3 is 15.5 Å². The second-order valence-corrected chi connectivity index (χ2v) is 5.27. The third-order valence-electron chi connectivity index (χ3n) is 2.12. The minimum atomic E-state index is -1.00. The molecule has 3 N–H and O–H groups in total. The molecule has 17 heavy (non-hydrogen) atoms. The third-order valence-corrected chi connectivity index (χ3v) is 3.09. The summed E-state index contributed by atoms with van der Waals surface area (Å²) in [4.78, 5) is 11.7. The smallest absolute Gasteiger partial charge is 0.255 e. The highest BCUT2D eigenvalue weighted by Crippen LogP contribution is 2.27. The van der Waals surface area contributed by atoms with Gasteiger partial charge in [0, 0.05) is 28.9 Å². The van der Waals surface area contributed by atoms with E-state index in [0.29, 0.717) is 5.75 Å². The number of para-hydroxylation sites is 1. The molecule has 5 nitrogen and oxygen atoms in total. The molecule has 1 rings (SSSR count). The van der Waals surface area contributed by atoms with Crippen LogP contribution in [0.2, 0.25) is 0 Å². The summed E-state index contributed by atoms with van der Waals surface area (Å²) in [6.07, 6.45) is 1.55. The fourth-order valence-corrected chi connectivity index (χ4v) is 2.20. The molecule has 0 saturated heterocycles. The summed E-state index contributed by atoms with van der Waals surface area (Å²) in [5, 5.41) is 21.3. The molecule has 0 heterocycles. The average Bonchev–Trinajstić information content (AvgIpc) is 2.20. The number of phenolic OH excluding ortho intramolecular Hbond substituents is 2. The predicted molar refractivity (Wildman–Crippen MR) is 65.6 cm³/mol. The van der Waals surface area contributed by atoms with Crippen LogP contribution in [0.4, 0.5) is 0 Å². The maximum absolute atomic E-state index is 11.7. The highest BCUT2D eigenvalue weighted by molar-refractivity contribution is 7.84. The Hall–Kier alpha value is -1.56. The zero-order valence-electron chi connectivity index (χ0n) is 9.64. The summed E-state index contributed by atoms with van der Waals surface area (Å²) in [5.74, 6) is -0.957. The van der Waals surface area contributed by atoms with Crippen molar-refractivity contribution in [3.05, 3.63) is 23.8 Å². The van der Waals surface area contributed by atoms with Gasteiger partial charge in [0.25, 0.3) is 5.91 Å². The Morgan fingerprint density at radius 2 is 2.12 bits per heavy atom. The van der Waals surface area contributed by atoms with Crippen molar-refractivity contribution in [1.29, 1.82) is 0 Å². The van der Waals surface area contributed by atoms with Crippen molar-refractivity contribution in [2.24, 2.45) is 0 Å². The molecule has 0 aliphatic carbocycles. The fraction of sp³-hybridized carbons (Fsp3) is 0.364. The van der Waals surface area contributed by atoms with Crippen LogP contribution in [0.3, 0.4) is 0 Å². The lowest BCUT2D eigenvalue weighted by molar-refractivity contribution is 0.0940. The first-order chi connectivity index (χ1) is 7.91. The van der Waals surface area contributed by atoms with Crippen LogP contribution in [0, 0.1) is 0 Å². The van der Waals surface area contributed by atoms with Crippen molar-refractivity contribution in [1.82, 2.24) is 5.32 Å². The number of carbonyl (C=O) groups excluding carboxylic acids is 1. The minimum Gasteiger partial charge on any atom is -0.504 e. The zero-order valence-corrected chi connectivity index (χ0v) is 10.5. The van der Waals surface area contributed by atoms with Crippen molar-refractivity contribution in [3.8, 4) is 11.5 Å².